The third kappa shape index (κ3) is 2.87. The van der Waals surface area contributed by atoms with Crippen LogP contribution in [0.2, 0.25) is 0 Å². The number of ether oxygens (including phenoxy) is 1. The molecule has 8 heteroatoms. The largest absolute Gasteiger partial charge is 0.420 e. The van der Waals surface area contributed by atoms with Crippen molar-refractivity contribution in [2.75, 3.05) is 0 Å². The fraction of sp³-hybridized carbons (Fsp3) is 0.143. The van der Waals surface area contributed by atoms with E-state index in [9.17, 15) is 19.2 Å². The fourth-order valence-electron chi connectivity index (χ4n) is 3.19. The molecule has 0 radical (unpaired) electrons. The number of esters is 1. The summed E-state index contributed by atoms with van der Waals surface area (Å²) in [6.45, 7) is 2.77. The average molecular weight is 456 g/mol. The van der Waals surface area contributed by atoms with E-state index in [0.29, 0.717) is 11.0 Å². The van der Waals surface area contributed by atoms with Crippen molar-refractivity contribution in [2.24, 2.45) is 0 Å². The maximum atomic E-state index is 12.9. The average Bonchev–Trinajstić information content (AvgIpc) is 2.96. The van der Waals surface area contributed by atoms with Crippen LogP contribution in [0.5, 0.6) is 5.75 Å². The first-order valence-corrected chi connectivity index (χ1v) is 9.44. The van der Waals surface area contributed by atoms with E-state index in [1.807, 2.05) is 0 Å². The Labute approximate surface area is 173 Å². The Morgan fingerprint density at radius 2 is 1.52 bits per heavy atom. The van der Waals surface area contributed by atoms with Crippen molar-refractivity contribution in [1.82, 2.24) is 4.90 Å². The first-order chi connectivity index (χ1) is 13.7. The maximum Gasteiger partial charge on any atom is 0.381 e. The lowest BCUT2D eigenvalue weighted by Crippen LogP contribution is -2.54. The summed E-state index contributed by atoms with van der Waals surface area (Å²) in [5.74, 6) is -2.50. The molecule has 0 aliphatic carbocycles. The number of imide groups is 1. The standard InChI is InChI=1S/C21H14BrNO6/c1-21(2,23-17(24)11-7-3-4-8-12(11)18(23)25)20(27)29-16-15(22)13-9-5-6-10-14(13)28-19(16)26/h3-10H,1-2H3. The van der Waals surface area contributed by atoms with Gasteiger partial charge in [-0.05, 0) is 54.0 Å². The Morgan fingerprint density at radius 1 is 0.966 bits per heavy atom. The smallest absolute Gasteiger partial charge is 0.381 e. The van der Waals surface area contributed by atoms with Crippen molar-refractivity contribution in [3.63, 3.8) is 0 Å². The molecule has 1 aliphatic heterocycles. The van der Waals surface area contributed by atoms with Crippen LogP contribution in [0, 0.1) is 0 Å². The van der Waals surface area contributed by atoms with Gasteiger partial charge in [0.05, 0.1) is 15.6 Å². The molecule has 3 aromatic rings. The van der Waals surface area contributed by atoms with Crippen LogP contribution in [0.1, 0.15) is 34.6 Å². The highest BCUT2D eigenvalue weighted by molar-refractivity contribution is 9.10. The van der Waals surface area contributed by atoms with Crippen LogP contribution in [0.15, 0.2) is 62.2 Å². The molecule has 1 aromatic heterocycles. The van der Waals surface area contributed by atoms with E-state index in [-0.39, 0.29) is 21.3 Å². The molecule has 0 N–H and O–H groups in total. The number of amides is 2. The van der Waals surface area contributed by atoms with E-state index in [1.165, 1.54) is 26.0 Å². The van der Waals surface area contributed by atoms with Gasteiger partial charge in [0.1, 0.15) is 11.1 Å². The second-order valence-electron chi connectivity index (χ2n) is 6.97. The molecule has 0 atom stereocenters. The topological polar surface area (TPSA) is 93.9 Å². The number of fused-ring (bicyclic) bond motifs is 2. The quantitative estimate of drug-likeness (QED) is 0.340. The molecule has 7 nitrogen and oxygen atoms in total. The minimum Gasteiger partial charge on any atom is -0.420 e. The Bertz CT molecular complexity index is 1220. The van der Waals surface area contributed by atoms with Crippen LogP contribution in [0.4, 0.5) is 0 Å². The molecule has 146 valence electrons. The van der Waals surface area contributed by atoms with Gasteiger partial charge in [-0.1, -0.05) is 24.3 Å². The number of para-hydroxylation sites is 1. The van der Waals surface area contributed by atoms with Crippen LogP contribution in [0.25, 0.3) is 11.0 Å². The van der Waals surface area contributed by atoms with Gasteiger partial charge in [0.15, 0.2) is 0 Å². The summed E-state index contributed by atoms with van der Waals surface area (Å²) in [6.07, 6.45) is 0. The number of carbonyl (C=O) groups is 3. The second-order valence-corrected chi connectivity index (χ2v) is 7.76. The van der Waals surface area contributed by atoms with Gasteiger partial charge in [-0.3, -0.25) is 14.5 Å². The van der Waals surface area contributed by atoms with Crippen molar-refractivity contribution < 1.29 is 23.5 Å². The molecule has 29 heavy (non-hydrogen) atoms. The molecule has 2 heterocycles. The number of hydrogen-bond donors (Lipinski definition) is 0. The summed E-state index contributed by atoms with van der Waals surface area (Å²) in [6, 6.07) is 13.0. The fourth-order valence-corrected chi connectivity index (χ4v) is 3.76. The van der Waals surface area contributed by atoms with Crippen LogP contribution in [0.3, 0.4) is 0 Å². The summed E-state index contributed by atoms with van der Waals surface area (Å²) in [4.78, 5) is 51.6. The van der Waals surface area contributed by atoms with Gasteiger partial charge >= 0.3 is 11.6 Å². The van der Waals surface area contributed by atoms with Crippen LogP contribution in [-0.4, -0.2) is 28.2 Å². The molecule has 4 rings (SSSR count). The summed E-state index contributed by atoms with van der Waals surface area (Å²) in [5, 5.41) is 0.536. The number of halogens is 1. The molecule has 0 bridgehead atoms. The molecule has 0 saturated heterocycles. The molecular formula is C21H14BrNO6. The van der Waals surface area contributed by atoms with Gasteiger partial charge in [0.25, 0.3) is 11.8 Å². The number of benzene rings is 2. The first-order valence-electron chi connectivity index (χ1n) is 8.65. The zero-order valence-corrected chi connectivity index (χ0v) is 17.0. The highest BCUT2D eigenvalue weighted by atomic mass is 79.9. The molecule has 0 unspecified atom stereocenters. The van der Waals surface area contributed by atoms with Gasteiger partial charge in [-0.25, -0.2) is 9.59 Å². The molecule has 0 saturated carbocycles. The van der Waals surface area contributed by atoms with Crippen LogP contribution < -0.4 is 10.4 Å². The van der Waals surface area contributed by atoms with Crippen molar-refractivity contribution in [3.8, 4) is 5.75 Å². The molecule has 0 fully saturated rings. The molecular weight excluding hydrogens is 442 g/mol. The third-order valence-corrected chi connectivity index (χ3v) is 5.55. The maximum absolute atomic E-state index is 12.9. The zero-order valence-electron chi connectivity index (χ0n) is 15.4. The van der Waals surface area contributed by atoms with Gasteiger partial charge in [0.2, 0.25) is 5.75 Å². The predicted octanol–water partition coefficient (Wildman–Crippen LogP) is 3.54. The highest BCUT2D eigenvalue weighted by Gasteiger charge is 2.49. The molecule has 2 amide bonds. The second kappa shape index (κ2) is 6.66. The summed E-state index contributed by atoms with van der Waals surface area (Å²) in [7, 11) is 0. The molecule has 2 aromatic carbocycles. The van der Waals surface area contributed by atoms with Crippen molar-refractivity contribution in [1.29, 1.82) is 0 Å². The van der Waals surface area contributed by atoms with Gasteiger partial charge in [-0.15, -0.1) is 0 Å². The van der Waals surface area contributed by atoms with E-state index in [4.69, 9.17) is 9.15 Å². The summed E-state index contributed by atoms with van der Waals surface area (Å²) in [5.41, 5.74) is -1.77. The van der Waals surface area contributed by atoms with Gasteiger partial charge < -0.3 is 9.15 Å². The lowest BCUT2D eigenvalue weighted by Gasteiger charge is -2.31. The highest BCUT2D eigenvalue weighted by Crippen LogP contribution is 2.33. The monoisotopic (exact) mass is 455 g/mol. The van der Waals surface area contributed by atoms with Crippen LogP contribution >= 0.6 is 15.9 Å². The zero-order chi connectivity index (χ0) is 20.9. The van der Waals surface area contributed by atoms with Crippen molar-refractivity contribution in [2.45, 2.75) is 19.4 Å². The number of carbonyl (C=O) groups excluding carboxylic acids is 3. The van der Waals surface area contributed by atoms with Crippen molar-refractivity contribution >= 4 is 44.7 Å². The van der Waals surface area contributed by atoms with E-state index in [1.54, 1.807) is 36.4 Å². The lowest BCUT2D eigenvalue weighted by molar-refractivity contribution is -0.143. The minimum atomic E-state index is -1.66. The number of nitrogens with zero attached hydrogens (tertiary/aromatic N) is 1. The normalized spacial score (nSPS) is 13.7. The van der Waals surface area contributed by atoms with E-state index in [0.717, 1.165) is 4.90 Å². The summed E-state index contributed by atoms with van der Waals surface area (Å²) >= 11 is 3.27. The number of rotatable bonds is 3. The SMILES string of the molecule is CC(C)(C(=O)Oc1c(Br)c2ccccc2oc1=O)N1C(=O)c2ccccc2C1=O. The lowest BCUT2D eigenvalue weighted by atomic mass is 10.0. The Kier molecular flexibility index (Phi) is 4.38. The van der Waals surface area contributed by atoms with E-state index < -0.39 is 28.9 Å². The Hall–Kier alpha value is -3.26. The minimum absolute atomic E-state index is 0.213. The Morgan fingerprint density at radius 3 is 2.14 bits per heavy atom. The Balaban J connectivity index is 1.71. The molecule has 0 spiro atoms. The van der Waals surface area contributed by atoms with E-state index in [2.05, 4.69) is 15.9 Å². The van der Waals surface area contributed by atoms with Gasteiger partial charge in [0, 0.05) is 5.39 Å². The van der Waals surface area contributed by atoms with Gasteiger partial charge in [-0.2, -0.15) is 0 Å². The summed E-state index contributed by atoms with van der Waals surface area (Å²) < 4.78 is 10.8. The molecule has 1 aliphatic rings. The van der Waals surface area contributed by atoms with E-state index >= 15 is 0 Å². The van der Waals surface area contributed by atoms with Crippen LogP contribution in [-0.2, 0) is 4.79 Å². The number of hydrogen-bond acceptors (Lipinski definition) is 6. The van der Waals surface area contributed by atoms with Crippen molar-refractivity contribution in [3.05, 3.63) is 74.6 Å². The predicted molar refractivity (Wildman–Crippen MR) is 107 cm³/mol. The first kappa shape index (κ1) is 19.1. The third-order valence-electron chi connectivity index (χ3n) is 4.76.